The van der Waals surface area contributed by atoms with E-state index in [-0.39, 0.29) is 57.6 Å². The van der Waals surface area contributed by atoms with Gasteiger partial charge in [0.1, 0.15) is 0 Å². The molecule has 2 heteroatoms. The number of para-hydroxylation sites is 1. The molecule has 0 aliphatic heterocycles. The Morgan fingerprint density at radius 2 is 0.875 bits per heavy atom. The van der Waals surface area contributed by atoms with Crippen molar-refractivity contribution in [1.29, 1.82) is 0 Å². The molecule has 0 spiro atoms. The number of hydrogen-bond donors (Lipinski definition) is 0. The summed E-state index contributed by atoms with van der Waals surface area (Å²) in [5.74, 6) is 0. The van der Waals surface area contributed by atoms with Crippen LogP contribution in [0.15, 0.2) is 218 Å². The third-order valence-corrected chi connectivity index (χ3v) is 10.7. The highest BCUT2D eigenvalue weighted by atomic mass is 15.0. The van der Waals surface area contributed by atoms with Crippen molar-refractivity contribution in [1.82, 2.24) is 9.13 Å². The van der Waals surface area contributed by atoms with E-state index in [9.17, 15) is 6.85 Å². The summed E-state index contributed by atoms with van der Waals surface area (Å²) in [4.78, 5) is 0. The van der Waals surface area contributed by atoms with E-state index in [0.717, 1.165) is 60.9 Å². The Kier molecular flexibility index (Phi) is 6.01. The Balaban J connectivity index is 1.21. The van der Waals surface area contributed by atoms with E-state index in [1.54, 1.807) is 4.57 Å². The molecule has 0 radical (unpaired) electrons. The second-order valence-electron chi connectivity index (χ2n) is 14.0. The summed E-state index contributed by atoms with van der Waals surface area (Å²) in [5.41, 5.74) is 10.6. The van der Waals surface area contributed by atoms with Gasteiger partial charge in [0.15, 0.2) is 0 Å². The smallest absolute Gasteiger partial charge is 0.0645 e. The average molecular weight is 720 g/mol. The van der Waals surface area contributed by atoms with E-state index in [0.29, 0.717) is 11.3 Å². The molecule has 2 aromatic heterocycles. The summed E-state index contributed by atoms with van der Waals surface area (Å²) < 4.78 is 69.0. The van der Waals surface area contributed by atoms with E-state index in [2.05, 4.69) is 71.3 Å². The lowest BCUT2D eigenvalue weighted by Crippen LogP contribution is -1.94. The van der Waals surface area contributed by atoms with Gasteiger partial charge in [0, 0.05) is 32.9 Å². The van der Waals surface area contributed by atoms with Crippen LogP contribution in [-0.4, -0.2) is 9.13 Å². The van der Waals surface area contributed by atoms with Crippen LogP contribution in [0.2, 0.25) is 0 Å². The van der Waals surface area contributed by atoms with Crippen LogP contribution < -0.4 is 0 Å². The molecular formula is C54H36N2. The molecule has 0 unspecified atom stereocenters. The molecule has 9 aromatic carbocycles. The minimum absolute atomic E-state index is 0.0825. The lowest BCUT2D eigenvalue weighted by molar-refractivity contribution is 1.18. The molecule has 0 atom stereocenters. The van der Waals surface area contributed by atoms with Gasteiger partial charge in [0.05, 0.1) is 31.7 Å². The molecule has 2 heterocycles. The number of nitrogens with zero attached hydrogens (tertiary/aromatic N) is 2. The molecule has 0 saturated carbocycles. The third kappa shape index (κ3) is 5.26. The second-order valence-corrected chi connectivity index (χ2v) is 14.0. The summed E-state index contributed by atoms with van der Waals surface area (Å²) in [6.07, 6.45) is 0. The van der Waals surface area contributed by atoms with Gasteiger partial charge in [-0.3, -0.25) is 0 Å². The lowest BCUT2D eigenvalue weighted by atomic mass is 9.97. The van der Waals surface area contributed by atoms with Gasteiger partial charge in [0.2, 0.25) is 0 Å². The first-order chi connectivity index (χ1) is 30.7. The van der Waals surface area contributed by atoms with Crippen molar-refractivity contribution in [2.75, 3.05) is 0 Å². The lowest BCUT2D eigenvalue weighted by Gasteiger charge is -2.11. The Morgan fingerprint density at radius 1 is 0.321 bits per heavy atom. The van der Waals surface area contributed by atoms with Gasteiger partial charge in [-0.05, 0) is 105 Å². The summed E-state index contributed by atoms with van der Waals surface area (Å²) >= 11 is 0. The summed E-state index contributed by atoms with van der Waals surface area (Å²) in [5, 5.41) is 2.24. The van der Waals surface area contributed by atoms with Crippen LogP contribution in [0.4, 0.5) is 0 Å². The first kappa shape index (κ1) is 25.6. The van der Waals surface area contributed by atoms with Crippen molar-refractivity contribution in [3.8, 4) is 55.9 Å². The number of aromatic nitrogens is 2. The van der Waals surface area contributed by atoms with Gasteiger partial charge in [-0.25, -0.2) is 0 Å². The predicted molar refractivity (Wildman–Crippen MR) is 237 cm³/mol. The molecule has 0 aliphatic carbocycles. The third-order valence-electron chi connectivity index (χ3n) is 10.7. The van der Waals surface area contributed by atoms with Gasteiger partial charge in [0.25, 0.3) is 0 Å². The standard InChI is InChI=1S/C54H36N2/c1-4-15-37(16-5-1)40-21-12-23-44(33-40)55-50-27-11-10-25-47(50)48-35-42(29-31-51(48)55)43-30-32-52-49(36-43)54-46(39-19-8-3-9-20-39)26-14-28-53(54)56(52)45-24-13-22-41(34-45)38-17-6-2-7-18-38/h1-36H/i10D,11D,25D,27D,29D,31D,35D. The van der Waals surface area contributed by atoms with Crippen LogP contribution in [0.3, 0.4) is 0 Å². The van der Waals surface area contributed by atoms with Crippen LogP contribution in [0, 0.1) is 0 Å². The van der Waals surface area contributed by atoms with Crippen LogP contribution >= 0.6 is 0 Å². The maximum Gasteiger partial charge on any atom is 0.0645 e. The maximum atomic E-state index is 9.96. The quantitative estimate of drug-likeness (QED) is 0.162. The Hall–Kier alpha value is -7.42. The number of benzene rings is 9. The minimum Gasteiger partial charge on any atom is -0.309 e. The number of rotatable bonds is 6. The summed E-state index contributed by atoms with van der Waals surface area (Å²) in [6.45, 7) is 0. The zero-order valence-corrected chi connectivity index (χ0v) is 30.1. The maximum absolute atomic E-state index is 9.96. The Labute approximate surface area is 335 Å². The highest BCUT2D eigenvalue weighted by Gasteiger charge is 2.19. The molecule has 0 aliphatic rings. The highest BCUT2D eigenvalue weighted by molar-refractivity contribution is 6.17. The van der Waals surface area contributed by atoms with Crippen molar-refractivity contribution >= 4 is 43.6 Å². The average Bonchev–Trinajstić information content (AvgIpc) is 3.87. The molecule has 0 N–H and O–H groups in total. The van der Waals surface area contributed by atoms with Crippen LogP contribution in [0.1, 0.15) is 9.60 Å². The highest BCUT2D eigenvalue weighted by Crippen LogP contribution is 2.42. The SMILES string of the molecule is [2H]c1c([2H])c([2H])c2c(c1[2H])c1c([2H])c(-c3ccc4c(c3)c3c(-c5ccccc5)cccc3n4-c3cccc(-c4ccccc4)c3)c([2H])c([2H])c1n2-c1cccc(-c2ccccc2)c1. The predicted octanol–water partition coefficient (Wildman–Crippen LogP) is 14.5. The van der Waals surface area contributed by atoms with E-state index in [1.807, 2.05) is 109 Å². The molecule has 0 fully saturated rings. The Bertz CT molecular complexity index is 3630. The van der Waals surface area contributed by atoms with E-state index < -0.39 is 12.1 Å². The first-order valence-corrected chi connectivity index (χ1v) is 18.7. The molecule has 2 nitrogen and oxygen atoms in total. The van der Waals surface area contributed by atoms with Gasteiger partial charge in [-0.1, -0.05) is 158 Å². The van der Waals surface area contributed by atoms with Crippen molar-refractivity contribution in [3.05, 3.63) is 218 Å². The van der Waals surface area contributed by atoms with Crippen molar-refractivity contribution in [2.45, 2.75) is 0 Å². The summed E-state index contributed by atoms with van der Waals surface area (Å²) in [6, 6.07) is 56.7. The van der Waals surface area contributed by atoms with E-state index in [1.165, 1.54) is 0 Å². The topological polar surface area (TPSA) is 9.86 Å². The van der Waals surface area contributed by atoms with Crippen LogP contribution in [-0.2, 0) is 0 Å². The fourth-order valence-electron chi connectivity index (χ4n) is 8.19. The van der Waals surface area contributed by atoms with Crippen molar-refractivity contribution < 1.29 is 9.60 Å². The minimum atomic E-state index is -0.425. The number of hydrogen-bond acceptors (Lipinski definition) is 0. The molecular weight excluding hydrogens is 677 g/mol. The van der Waals surface area contributed by atoms with Gasteiger partial charge in [-0.2, -0.15) is 0 Å². The van der Waals surface area contributed by atoms with E-state index >= 15 is 0 Å². The van der Waals surface area contributed by atoms with Crippen LogP contribution in [0.25, 0.3) is 99.5 Å². The zero-order valence-electron chi connectivity index (χ0n) is 37.1. The molecule has 262 valence electrons. The van der Waals surface area contributed by atoms with Crippen molar-refractivity contribution in [3.63, 3.8) is 0 Å². The Morgan fingerprint density at radius 3 is 1.55 bits per heavy atom. The van der Waals surface area contributed by atoms with E-state index in [4.69, 9.17) is 2.74 Å². The molecule has 0 bridgehead atoms. The van der Waals surface area contributed by atoms with Crippen LogP contribution in [0.5, 0.6) is 0 Å². The van der Waals surface area contributed by atoms with Gasteiger partial charge in [-0.15, -0.1) is 0 Å². The number of fused-ring (bicyclic) bond motifs is 6. The second kappa shape index (κ2) is 13.2. The molecule has 0 saturated heterocycles. The first-order valence-electron chi connectivity index (χ1n) is 22.2. The van der Waals surface area contributed by atoms with Crippen molar-refractivity contribution in [2.24, 2.45) is 0 Å². The fourth-order valence-corrected chi connectivity index (χ4v) is 8.19. The zero-order chi connectivity index (χ0) is 43.1. The largest absolute Gasteiger partial charge is 0.309 e. The molecule has 11 rings (SSSR count). The monoisotopic (exact) mass is 719 g/mol. The normalized spacial score (nSPS) is 13.3. The molecule has 56 heavy (non-hydrogen) atoms. The molecule has 11 aromatic rings. The molecule has 0 amide bonds. The fraction of sp³-hybridized carbons (Fsp3) is 0. The summed E-state index contributed by atoms with van der Waals surface area (Å²) in [7, 11) is 0. The van der Waals surface area contributed by atoms with Gasteiger partial charge < -0.3 is 9.13 Å². The van der Waals surface area contributed by atoms with Gasteiger partial charge >= 0.3 is 0 Å².